The Morgan fingerprint density at radius 1 is 1.37 bits per heavy atom. The van der Waals surface area contributed by atoms with Gasteiger partial charge in [0.25, 0.3) is 5.91 Å². The number of primary amides is 1. The molecule has 5 heteroatoms. The van der Waals surface area contributed by atoms with Gasteiger partial charge in [0.2, 0.25) is 0 Å². The van der Waals surface area contributed by atoms with Crippen molar-refractivity contribution in [1.29, 1.82) is 0 Å². The van der Waals surface area contributed by atoms with Crippen LogP contribution in [-0.2, 0) is 4.74 Å². The molecule has 2 saturated heterocycles. The highest BCUT2D eigenvalue weighted by Gasteiger charge is 2.39. The average molecular weight is 261 g/mol. The molecule has 102 valence electrons. The summed E-state index contributed by atoms with van der Waals surface area (Å²) in [6.45, 7) is 3.81. The molecule has 1 amide bonds. The molecular weight excluding hydrogens is 242 g/mol. The molecule has 0 radical (unpaired) electrons. The van der Waals surface area contributed by atoms with Gasteiger partial charge in [0.1, 0.15) is 5.69 Å². The molecule has 0 aliphatic carbocycles. The molecule has 0 bridgehead atoms. The first-order chi connectivity index (χ1) is 9.19. The molecular formula is C14H19N3O2. The van der Waals surface area contributed by atoms with E-state index < -0.39 is 5.91 Å². The lowest BCUT2D eigenvalue weighted by Gasteiger charge is -2.33. The average Bonchev–Trinajstić information content (AvgIpc) is 2.83. The number of carbonyl (C=O) groups excluding carboxylic acids is 1. The summed E-state index contributed by atoms with van der Waals surface area (Å²) < 4.78 is 5.46. The van der Waals surface area contributed by atoms with Gasteiger partial charge in [0.05, 0.1) is 0 Å². The fourth-order valence-corrected chi connectivity index (χ4v) is 3.12. The second-order valence-electron chi connectivity index (χ2n) is 5.55. The monoisotopic (exact) mass is 261 g/mol. The van der Waals surface area contributed by atoms with Crippen LogP contribution in [0.1, 0.15) is 29.8 Å². The molecule has 0 atom stereocenters. The maximum Gasteiger partial charge on any atom is 0.267 e. The second-order valence-corrected chi connectivity index (χ2v) is 5.55. The molecule has 5 nitrogen and oxygen atoms in total. The number of pyridine rings is 1. The van der Waals surface area contributed by atoms with E-state index in [1.165, 1.54) is 6.42 Å². The maximum atomic E-state index is 11.2. The molecule has 0 unspecified atom stereocenters. The smallest absolute Gasteiger partial charge is 0.267 e. The van der Waals surface area contributed by atoms with Crippen LogP contribution in [-0.4, -0.2) is 37.2 Å². The van der Waals surface area contributed by atoms with Crippen LogP contribution in [0.5, 0.6) is 0 Å². The Morgan fingerprint density at radius 3 is 2.89 bits per heavy atom. The van der Waals surface area contributed by atoms with Gasteiger partial charge in [-0.3, -0.25) is 9.78 Å². The Labute approximate surface area is 112 Å². The summed E-state index contributed by atoms with van der Waals surface area (Å²) in [5.41, 5.74) is 7.07. The fourth-order valence-electron chi connectivity index (χ4n) is 3.12. The Balaban J connectivity index is 1.77. The minimum atomic E-state index is -0.471. The summed E-state index contributed by atoms with van der Waals surface area (Å²) in [5.74, 6) is -0.471. The van der Waals surface area contributed by atoms with Crippen molar-refractivity contribution in [3.8, 4) is 0 Å². The van der Waals surface area contributed by atoms with Crippen molar-refractivity contribution in [2.45, 2.75) is 19.3 Å². The van der Waals surface area contributed by atoms with Crippen molar-refractivity contribution in [3.05, 3.63) is 24.0 Å². The van der Waals surface area contributed by atoms with Crippen LogP contribution >= 0.6 is 0 Å². The quantitative estimate of drug-likeness (QED) is 0.868. The number of nitrogens with zero attached hydrogens (tertiary/aromatic N) is 2. The molecule has 0 saturated carbocycles. The summed E-state index contributed by atoms with van der Waals surface area (Å²) in [6, 6.07) is 3.74. The minimum Gasteiger partial charge on any atom is -0.381 e. The number of carbonyl (C=O) groups is 1. The van der Waals surface area contributed by atoms with E-state index in [2.05, 4.69) is 9.88 Å². The van der Waals surface area contributed by atoms with Crippen LogP contribution in [0.3, 0.4) is 0 Å². The van der Waals surface area contributed by atoms with Crippen molar-refractivity contribution in [2.24, 2.45) is 11.1 Å². The molecule has 2 aliphatic heterocycles. The molecule has 1 spiro atoms. The van der Waals surface area contributed by atoms with E-state index in [9.17, 15) is 4.79 Å². The first-order valence-corrected chi connectivity index (χ1v) is 6.77. The van der Waals surface area contributed by atoms with E-state index in [1.807, 2.05) is 6.07 Å². The number of anilines is 1. The molecule has 1 aromatic rings. The third-order valence-electron chi connectivity index (χ3n) is 4.35. The largest absolute Gasteiger partial charge is 0.381 e. The first-order valence-electron chi connectivity index (χ1n) is 6.77. The highest BCUT2D eigenvalue weighted by Crippen LogP contribution is 2.41. The van der Waals surface area contributed by atoms with Gasteiger partial charge in [-0.25, -0.2) is 0 Å². The number of hydrogen-bond acceptors (Lipinski definition) is 4. The summed E-state index contributed by atoms with van der Waals surface area (Å²) in [4.78, 5) is 17.5. The third kappa shape index (κ3) is 2.42. The molecule has 19 heavy (non-hydrogen) atoms. The van der Waals surface area contributed by atoms with Gasteiger partial charge in [0.15, 0.2) is 0 Å². The highest BCUT2D eigenvalue weighted by molar-refractivity contribution is 5.91. The Hall–Kier alpha value is -1.62. The summed E-state index contributed by atoms with van der Waals surface area (Å²) >= 11 is 0. The predicted octanol–water partition coefficient (Wildman–Crippen LogP) is 1.19. The Kier molecular flexibility index (Phi) is 3.14. The Bertz CT molecular complexity index is 483. The second kappa shape index (κ2) is 4.81. The zero-order valence-corrected chi connectivity index (χ0v) is 11.0. The van der Waals surface area contributed by atoms with E-state index in [-0.39, 0.29) is 0 Å². The van der Waals surface area contributed by atoms with Crippen molar-refractivity contribution in [2.75, 3.05) is 31.2 Å². The normalized spacial score (nSPS) is 21.8. The number of aromatic nitrogens is 1. The van der Waals surface area contributed by atoms with Gasteiger partial charge >= 0.3 is 0 Å². The van der Waals surface area contributed by atoms with Gasteiger partial charge in [-0.1, -0.05) is 0 Å². The van der Waals surface area contributed by atoms with Crippen LogP contribution in [0, 0.1) is 5.41 Å². The maximum absolute atomic E-state index is 11.2. The van der Waals surface area contributed by atoms with Crippen molar-refractivity contribution in [3.63, 3.8) is 0 Å². The lowest BCUT2D eigenvalue weighted by atomic mass is 9.80. The van der Waals surface area contributed by atoms with E-state index in [0.717, 1.165) is 44.8 Å². The molecule has 3 rings (SSSR count). The molecule has 0 aromatic carbocycles. The van der Waals surface area contributed by atoms with Crippen LogP contribution in [0.4, 0.5) is 5.69 Å². The Morgan fingerprint density at radius 2 is 2.16 bits per heavy atom. The van der Waals surface area contributed by atoms with E-state index in [4.69, 9.17) is 10.5 Å². The van der Waals surface area contributed by atoms with E-state index in [0.29, 0.717) is 11.1 Å². The van der Waals surface area contributed by atoms with Crippen LogP contribution in [0.2, 0.25) is 0 Å². The van der Waals surface area contributed by atoms with E-state index in [1.54, 1.807) is 12.3 Å². The molecule has 3 heterocycles. The molecule has 2 fully saturated rings. The van der Waals surface area contributed by atoms with Gasteiger partial charge in [-0.05, 0) is 36.8 Å². The van der Waals surface area contributed by atoms with Crippen LogP contribution in [0.15, 0.2) is 18.3 Å². The highest BCUT2D eigenvalue weighted by atomic mass is 16.5. The van der Waals surface area contributed by atoms with Gasteiger partial charge in [-0.2, -0.15) is 0 Å². The standard InChI is InChI=1S/C14H19N3O2/c15-13(18)12-9-11(1-5-16-12)17-6-2-14(10-17)3-7-19-8-4-14/h1,5,9H,2-4,6-8,10H2,(H2,15,18). The molecule has 1 aromatic heterocycles. The van der Waals surface area contributed by atoms with Gasteiger partial charge in [0, 0.05) is 38.2 Å². The zero-order chi connectivity index (χ0) is 13.3. The first kappa shape index (κ1) is 12.4. The van der Waals surface area contributed by atoms with Crippen molar-refractivity contribution in [1.82, 2.24) is 4.98 Å². The third-order valence-corrected chi connectivity index (χ3v) is 4.35. The lowest BCUT2D eigenvalue weighted by Crippen LogP contribution is -2.33. The summed E-state index contributed by atoms with van der Waals surface area (Å²) in [5, 5.41) is 0. The van der Waals surface area contributed by atoms with Crippen LogP contribution in [0.25, 0.3) is 0 Å². The lowest BCUT2D eigenvalue weighted by molar-refractivity contribution is 0.0254. The number of amides is 1. The van der Waals surface area contributed by atoms with Crippen LogP contribution < -0.4 is 10.6 Å². The topological polar surface area (TPSA) is 68.5 Å². The SMILES string of the molecule is NC(=O)c1cc(N2CCC3(CCOCC3)C2)ccn1. The van der Waals surface area contributed by atoms with Gasteiger partial charge in [-0.15, -0.1) is 0 Å². The number of hydrogen-bond donors (Lipinski definition) is 1. The van der Waals surface area contributed by atoms with Crippen molar-refractivity contribution < 1.29 is 9.53 Å². The van der Waals surface area contributed by atoms with Crippen molar-refractivity contribution >= 4 is 11.6 Å². The molecule has 2 N–H and O–H groups in total. The predicted molar refractivity (Wildman–Crippen MR) is 72.1 cm³/mol. The zero-order valence-electron chi connectivity index (χ0n) is 11.0. The molecule has 2 aliphatic rings. The summed E-state index contributed by atoms with van der Waals surface area (Å²) in [7, 11) is 0. The minimum absolute atomic E-state index is 0.338. The number of ether oxygens (including phenoxy) is 1. The van der Waals surface area contributed by atoms with Gasteiger partial charge < -0.3 is 15.4 Å². The fraction of sp³-hybridized carbons (Fsp3) is 0.571. The summed E-state index contributed by atoms with van der Waals surface area (Å²) in [6.07, 6.45) is 5.13. The number of rotatable bonds is 2. The van der Waals surface area contributed by atoms with E-state index >= 15 is 0 Å². The number of nitrogens with two attached hydrogens (primary N) is 1.